The molecule has 0 atom stereocenters. The van der Waals surface area contributed by atoms with Crippen LogP contribution < -0.4 is 5.32 Å². The van der Waals surface area contributed by atoms with Gasteiger partial charge in [0.15, 0.2) is 0 Å². The summed E-state index contributed by atoms with van der Waals surface area (Å²) in [6.45, 7) is 3.97. The second-order valence-electron chi connectivity index (χ2n) is 6.27. The van der Waals surface area contributed by atoms with Crippen LogP contribution in [0.5, 0.6) is 0 Å². The molecule has 0 aromatic heterocycles. The average Bonchev–Trinajstić information content (AvgIpc) is 2.61. The standard InChI is InChI=1S/C20H23ClN2O/c21-19-9-5-8-17(14-19)20(24)22-11-3-4-12-23-13-10-16-6-1-2-7-18(16)15-23/h1-2,5-9,14H,3-4,10-13,15H2,(H,22,24). The van der Waals surface area contributed by atoms with Crippen LogP contribution in [-0.4, -0.2) is 30.4 Å². The minimum Gasteiger partial charge on any atom is -0.352 e. The van der Waals surface area contributed by atoms with Crippen LogP contribution in [0.2, 0.25) is 5.02 Å². The van der Waals surface area contributed by atoms with Crippen LogP contribution in [0, 0.1) is 0 Å². The van der Waals surface area contributed by atoms with Crippen LogP contribution in [-0.2, 0) is 13.0 Å². The van der Waals surface area contributed by atoms with Gasteiger partial charge in [0.1, 0.15) is 0 Å². The zero-order chi connectivity index (χ0) is 16.8. The number of unbranched alkanes of at least 4 members (excludes halogenated alkanes) is 1. The Bertz CT molecular complexity index is 702. The molecule has 0 radical (unpaired) electrons. The molecule has 126 valence electrons. The quantitative estimate of drug-likeness (QED) is 0.807. The first-order valence-corrected chi connectivity index (χ1v) is 8.93. The average molecular weight is 343 g/mol. The fourth-order valence-electron chi connectivity index (χ4n) is 3.14. The second-order valence-corrected chi connectivity index (χ2v) is 6.70. The summed E-state index contributed by atoms with van der Waals surface area (Å²) in [6, 6.07) is 15.8. The largest absolute Gasteiger partial charge is 0.352 e. The predicted octanol–water partition coefficient (Wildman–Crippen LogP) is 3.91. The van der Waals surface area contributed by atoms with Crippen LogP contribution >= 0.6 is 11.6 Å². The summed E-state index contributed by atoms with van der Waals surface area (Å²) in [5, 5.41) is 3.55. The van der Waals surface area contributed by atoms with Crippen LogP contribution in [0.25, 0.3) is 0 Å². The number of rotatable bonds is 6. The van der Waals surface area contributed by atoms with Crippen LogP contribution in [0.15, 0.2) is 48.5 Å². The van der Waals surface area contributed by atoms with Gasteiger partial charge in [0.05, 0.1) is 0 Å². The Morgan fingerprint density at radius 3 is 2.75 bits per heavy atom. The lowest BCUT2D eigenvalue weighted by Crippen LogP contribution is -2.32. The van der Waals surface area contributed by atoms with E-state index in [0.717, 1.165) is 38.9 Å². The van der Waals surface area contributed by atoms with Gasteiger partial charge in [0.25, 0.3) is 5.91 Å². The van der Waals surface area contributed by atoms with Crippen molar-refractivity contribution in [3.8, 4) is 0 Å². The monoisotopic (exact) mass is 342 g/mol. The number of carbonyl (C=O) groups is 1. The van der Waals surface area contributed by atoms with E-state index >= 15 is 0 Å². The minimum absolute atomic E-state index is 0.0515. The van der Waals surface area contributed by atoms with Gasteiger partial charge >= 0.3 is 0 Å². The van der Waals surface area contributed by atoms with Crippen LogP contribution in [0.1, 0.15) is 34.3 Å². The number of hydrogen-bond donors (Lipinski definition) is 1. The lowest BCUT2D eigenvalue weighted by Gasteiger charge is -2.28. The van der Waals surface area contributed by atoms with E-state index in [-0.39, 0.29) is 5.91 Å². The van der Waals surface area contributed by atoms with Gasteiger partial charge in [-0.1, -0.05) is 41.9 Å². The van der Waals surface area contributed by atoms with E-state index in [9.17, 15) is 4.79 Å². The van der Waals surface area contributed by atoms with Gasteiger partial charge in [-0.25, -0.2) is 0 Å². The van der Waals surface area contributed by atoms with E-state index in [1.54, 1.807) is 24.3 Å². The Balaban J connectivity index is 1.35. The molecule has 1 N–H and O–H groups in total. The summed E-state index contributed by atoms with van der Waals surface area (Å²) >= 11 is 5.91. The maximum Gasteiger partial charge on any atom is 0.251 e. The molecule has 0 unspecified atom stereocenters. The van der Waals surface area contributed by atoms with Crippen molar-refractivity contribution >= 4 is 17.5 Å². The van der Waals surface area contributed by atoms with Crippen molar-refractivity contribution in [2.75, 3.05) is 19.6 Å². The molecule has 24 heavy (non-hydrogen) atoms. The number of hydrogen-bond acceptors (Lipinski definition) is 2. The molecule has 0 saturated heterocycles. The number of fused-ring (bicyclic) bond motifs is 1. The van der Waals surface area contributed by atoms with E-state index in [4.69, 9.17) is 11.6 Å². The molecular weight excluding hydrogens is 320 g/mol. The highest BCUT2D eigenvalue weighted by Gasteiger charge is 2.14. The molecule has 1 aliphatic heterocycles. The summed E-state index contributed by atoms with van der Waals surface area (Å²) in [5.74, 6) is -0.0515. The zero-order valence-corrected chi connectivity index (χ0v) is 14.6. The predicted molar refractivity (Wildman–Crippen MR) is 98.4 cm³/mol. The van der Waals surface area contributed by atoms with Crippen molar-refractivity contribution in [2.24, 2.45) is 0 Å². The third-order valence-electron chi connectivity index (χ3n) is 4.48. The van der Waals surface area contributed by atoms with E-state index < -0.39 is 0 Å². The third kappa shape index (κ3) is 4.59. The fourth-order valence-corrected chi connectivity index (χ4v) is 3.33. The number of carbonyl (C=O) groups excluding carboxylic acids is 1. The maximum atomic E-state index is 12.0. The van der Waals surface area contributed by atoms with Crippen molar-refractivity contribution in [3.05, 3.63) is 70.2 Å². The normalized spacial score (nSPS) is 14.2. The van der Waals surface area contributed by atoms with E-state index in [2.05, 4.69) is 34.5 Å². The second kappa shape index (κ2) is 8.32. The Hall–Kier alpha value is -1.84. The van der Waals surface area contributed by atoms with Gasteiger partial charge in [-0.2, -0.15) is 0 Å². The molecule has 0 fully saturated rings. The van der Waals surface area contributed by atoms with Crippen molar-refractivity contribution in [1.82, 2.24) is 10.2 Å². The first-order chi connectivity index (χ1) is 11.7. The molecule has 1 amide bonds. The third-order valence-corrected chi connectivity index (χ3v) is 4.72. The molecule has 3 nitrogen and oxygen atoms in total. The maximum absolute atomic E-state index is 12.0. The summed E-state index contributed by atoms with van der Waals surface area (Å²) < 4.78 is 0. The number of benzene rings is 2. The van der Waals surface area contributed by atoms with Crippen LogP contribution in [0.4, 0.5) is 0 Å². The number of amides is 1. The van der Waals surface area contributed by atoms with Crippen molar-refractivity contribution in [3.63, 3.8) is 0 Å². The topological polar surface area (TPSA) is 32.3 Å². The minimum atomic E-state index is -0.0515. The first kappa shape index (κ1) is 17.0. The molecule has 0 spiro atoms. The van der Waals surface area contributed by atoms with E-state index in [1.165, 1.54) is 11.1 Å². The Morgan fingerprint density at radius 1 is 1.08 bits per heavy atom. The van der Waals surface area contributed by atoms with E-state index in [1.807, 2.05) is 0 Å². The Kier molecular flexibility index (Phi) is 5.89. The summed E-state index contributed by atoms with van der Waals surface area (Å²) in [4.78, 5) is 14.5. The Labute approximate surface area is 148 Å². The Morgan fingerprint density at radius 2 is 1.92 bits per heavy atom. The molecule has 0 aliphatic carbocycles. The number of halogens is 1. The van der Waals surface area contributed by atoms with Gasteiger partial charge < -0.3 is 5.32 Å². The first-order valence-electron chi connectivity index (χ1n) is 8.55. The molecular formula is C20H23ClN2O. The highest BCUT2D eigenvalue weighted by molar-refractivity contribution is 6.30. The molecule has 2 aromatic carbocycles. The summed E-state index contributed by atoms with van der Waals surface area (Å²) in [5.41, 5.74) is 3.57. The fraction of sp³-hybridized carbons (Fsp3) is 0.350. The lowest BCUT2D eigenvalue weighted by atomic mass is 10.00. The summed E-state index contributed by atoms with van der Waals surface area (Å²) in [6.07, 6.45) is 3.23. The molecule has 4 heteroatoms. The van der Waals surface area contributed by atoms with Crippen molar-refractivity contribution in [1.29, 1.82) is 0 Å². The molecule has 2 aromatic rings. The van der Waals surface area contributed by atoms with Gasteiger partial charge in [0, 0.05) is 30.2 Å². The van der Waals surface area contributed by atoms with Gasteiger partial charge in [-0.15, -0.1) is 0 Å². The lowest BCUT2D eigenvalue weighted by molar-refractivity contribution is 0.0952. The molecule has 0 saturated carbocycles. The van der Waals surface area contributed by atoms with Crippen LogP contribution in [0.3, 0.4) is 0 Å². The molecule has 3 rings (SSSR count). The van der Waals surface area contributed by atoms with Gasteiger partial charge in [-0.05, 0) is 55.1 Å². The summed E-state index contributed by atoms with van der Waals surface area (Å²) in [7, 11) is 0. The zero-order valence-electron chi connectivity index (χ0n) is 13.8. The van der Waals surface area contributed by atoms with E-state index in [0.29, 0.717) is 17.1 Å². The van der Waals surface area contributed by atoms with Crippen molar-refractivity contribution in [2.45, 2.75) is 25.8 Å². The molecule has 1 aliphatic rings. The van der Waals surface area contributed by atoms with Crippen molar-refractivity contribution < 1.29 is 4.79 Å². The smallest absolute Gasteiger partial charge is 0.251 e. The molecule has 0 bridgehead atoms. The number of nitrogens with zero attached hydrogens (tertiary/aromatic N) is 1. The number of nitrogens with one attached hydrogen (secondary N) is 1. The highest BCUT2D eigenvalue weighted by atomic mass is 35.5. The SMILES string of the molecule is O=C(NCCCCN1CCc2ccccc2C1)c1cccc(Cl)c1. The molecule has 1 heterocycles. The van der Waals surface area contributed by atoms with Gasteiger partial charge in [0.2, 0.25) is 0 Å². The highest BCUT2D eigenvalue weighted by Crippen LogP contribution is 2.18. The van der Waals surface area contributed by atoms with Gasteiger partial charge in [-0.3, -0.25) is 9.69 Å².